The lowest BCUT2D eigenvalue weighted by atomic mass is 9.80. The number of benzene rings is 1. The maximum absolute atomic E-state index is 15.1. The van der Waals surface area contributed by atoms with E-state index in [0.717, 1.165) is 0 Å². The number of nitrogens with one attached hydrogen (secondary N) is 3. The van der Waals surface area contributed by atoms with E-state index in [0.29, 0.717) is 52.6 Å². The van der Waals surface area contributed by atoms with Crippen LogP contribution in [0.5, 0.6) is 0 Å². The third-order valence-electron chi connectivity index (χ3n) is 14.3. The molecule has 2 heterocycles. The summed E-state index contributed by atoms with van der Waals surface area (Å²) in [5.41, 5.74) is -2.24. The molecule has 2 aliphatic heterocycles. The second-order valence-corrected chi connectivity index (χ2v) is 20.5. The van der Waals surface area contributed by atoms with Gasteiger partial charge >= 0.3 is 6.18 Å². The van der Waals surface area contributed by atoms with Gasteiger partial charge in [0, 0.05) is 50.6 Å². The Labute approximate surface area is 393 Å². The first-order valence-corrected chi connectivity index (χ1v) is 23.9. The Balaban J connectivity index is 1.26. The van der Waals surface area contributed by atoms with Crippen molar-refractivity contribution < 1.29 is 51.1 Å². The fourth-order valence-corrected chi connectivity index (χ4v) is 10.5. The normalized spacial score (nSPS) is 30.8. The summed E-state index contributed by atoms with van der Waals surface area (Å²) in [5, 5.41) is 8.98. The number of fused-ring (bicyclic) bond motifs is 1. The van der Waals surface area contributed by atoms with E-state index in [1.54, 1.807) is 32.2 Å². The van der Waals surface area contributed by atoms with Crippen molar-refractivity contribution in [3.63, 3.8) is 0 Å². The summed E-state index contributed by atoms with van der Waals surface area (Å²) in [6.45, 7) is 5.00. The third-order valence-corrected chi connectivity index (χ3v) is 14.9. The predicted octanol–water partition coefficient (Wildman–Crippen LogP) is 5.07. The quantitative estimate of drug-likeness (QED) is 0.261. The molecular formula is C46H63Cl2F4N7O7. The zero-order valence-corrected chi connectivity index (χ0v) is 39.9. The SMILES string of the molecule is CC[C@H]1NC(=O)[C@H](Cc2cc(Cl)ccc2Cl)N(C)C(=O)[C@H](CC(C)C)NC(=O)[C@@H](N(C)C(=O)[C@@H](NC(=O)[C@@H]2C[C@@H](F)CN2C(=O)C2(C(F)(F)F)CC3CC3C2)C2CC2)CCCCN(C)C1=O. The minimum atomic E-state index is -4.90. The number of carbonyl (C=O) groups is 7. The molecule has 1 aromatic rings. The minimum Gasteiger partial charge on any atom is -0.344 e. The van der Waals surface area contributed by atoms with Crippen molar-refractivity contribution in [2.24, 2.45) is 29.1 Å². The topological polar surface area (TPSA) is 169 Å². The summed E-state index contributed by atoms with van der Waals surface area (Å²) in [6.07, 6.45) is -5.32. The van der Waals surface area contributed by atoms with Gasteiger partial charge in [0.15, 0.2) is 0 Å². The number of amides is 7. The van der Waals surface area contributed by atoms with E-state index < -0.39 is 121 Å². The molecule has 20 heteroatoms. The molecule has 7 amide bonds. The number of alkyl halides is 4. The van der Waals surface area contributed by atoms with E-state index >= 15 is 4.39 Å². The van der Waals surface area contributed by atoms with Crippen molar-refractivity contribution in [1.29, 1.82) is 0 Å². The fraction of sp³-hybridized carbons (Fsp3) is 0.717. The number of rotatable bonds is 11. The van der Waals surface area contributed by atoms with Gasteiger partial charge in [-0.1, -0.05) is 44.0 Å². The lowest BCUT2D eigenvalue weighted by Gasteiger charge is -2.37. The first kappa shape index (κ1) is 51.2. The van der Waals surface area contributed by atoms with Gasteiger partial charge in [-0.3, -0.25) is 33.6 Å². The molecule has 1 aromatic carbocycles. The van der Waals surface area contributed by atoms with E-state index in [9.17, 15) is 46.7 Å². The Kier molecular flexibility index (Phi) is 16.0. The molecule has 5 aliphatic rings. The largest absolute Gasteiger partial charge is 0.403 e. The van der Waals surface area contributed by atoms with E-state index in [1.165, 1.54) is 28.8 Å². The standard InChI is InChI=1S/C46H63Cl2F4N7O7/c1-7-32-41(63)56(4)15-9-8-10-34(38(60)54-33(16-24(2)3)42(64)58(6)35(39(61)53-32)19-26-18-29(47)13-14-31(26)48)57(5)43(65)37(25-11-12-25)55-40(62)36-20-30(49)23-59(36)44(66)45(46(50,51)52)21-27-17-28(27)22-45/h13-14,18,24-25,27-28,30,32-37H,7-12,15-17,19-23H2,1-6H3,(H,53,61)(H,54,60)(H,55,62)/t27?,28?,30-,32-,33+,34+,35+,36+,37+,45?/m1/s1. The highest BCUT2D eigenvalue weighted by molar-refractivity contribution is 6.33. The molecule has 5 fully saturated rings. The van der Waals surface area contributed by atoms with Gasteiger partial charge < -0.3 is 35.6 Å². The second-order valence-electron chi connectivity index (χ2n) is 19.7. The Morgan fingerprint density at radius 1 is 0.939 bits per heavy atom. The zero-order chi connectivity index (χ0) is 48.6. The molecule has 0 aromatic heterocycles. The van der Waals surface area contributed by atoms with Crippen LogP contribution in [-0.2, 0) is 40.0 Å². The monoisotopic (exact) mass is 971 g/mol. The van der Waals surface area contributed by atoms with Crippen LogP contribution in [0.15, 0.2) is 18.2 Å². The molecule has 3 aliphatic carbocycles. The van der Waals surface area contributed by atoms with Crippen molar-refractivity contribution in [2.75, 3.05) is 34.2 Å². The number of halogens is 6. The first-order valence-electron chi connectivity index (χ1n) is 23.1. The number of hydrogen-bond donors (Lipinski definition) is 3. The predicted molar refractivity (Wildman–Crippen MR) is 237 cm³/mol. The summed E-state index contributed by atoms with van der Waals surface area (Å²) < 4.78 is 58.9. The minimum absolute atomic E-state index is 0.0691. The summed E-state index contributed by atoms with van der Waals surface area (Å²) in [7, 11) is 4.39. The molecule has 3 saturated carbocycles. The Morgan fingerprint density at radius 3 is 2.20 bits per heavy atom. The lowest BCUT2D eigenvalue weighted by Crippen LogP contribution is -2.61. The fourth-order valence-electron chi connectivity index (χ4n) is 10.1. The van der Waals surface area contributed by atoms with Crippen LogP contribution in [0.25, 0.3) is 0 Å². The number of hydrogen-bond acceptors (Lipinski definition) is 7. The molecule has 2 saturated heterocycles. The van der Waals surface area contributed by atoms with Crippen LogP contribution < -0.4 is 16.0 Å². The number of nitrogens with zero attached hydrogens (tertiary/aromatic N) is 4. The highest BCUT2D eigenvalue weighted by Gasteiger charge is 2.71. The molecule has 0 bridgehead atoms. The van der Waals surface area contributed by atoms with Gasteiger partial charge in [0.05, 0.1) is 6.54 Å². The van der Waals surface area contributed by atoms with Crippen LogP contribution in [0.3, 0.4) is 0 Å². The van der Waals surface area contributed by atoms with Crippen molar-refractivity contribution in [1.82, 2.24) is 35.6 Å². The molecule has 0 radical (unpaired) electrons. The van der Waals surface area contributed by atoms with Crippen molar-refractivity contribution in [3.8, 4) is 0 Å². The molecule has 366 valence electrons. The molecule has 9 atom stereocenters. The summed E-state index contributed by atoms with van der Waals surface area (Å²) >= 11 is 12.8. The van der Waals surface area contributed by atoms with Crippen molar-refractivity contribution in [3.05, 3.63) is 33.8 Å². The molecule has 2 unspecified atom stereocenters. The van der Waals surface area contributed by atoms with Gasteiger partial charge in [-0.15, -0.1) is 0 Å². The van der Waals surface area contributed by atoms with Crippen LogP contribution >= 0.6 is 23.2 Å². The average molecular weight is 973 g/mol. The van der Waals surface area contributed by atoms with Gasteiger partial charge in [-0.05, 0) is 112 Å². The van der Waals surface area contributed by atoms with Crippen LogP contribution in [-0.4, -0.2) is 144 Å². The van der Waals surface area contributed by atoms with Gasteiger partial charge in [0.1, 0.15) is 47.8 Å². The molecule has 0 spiro atoms. The highest BCUT2D eigenvalue weighted by Crippen LogP contribution is 2.65. The smallest absolute Gasteiger partial charge is 0.344 e. The van der Waals surface area contributed by atoms with Gasteiger partial charge in [0.25, 0.3) is 0 Å². The highest BCUT2D eigenvalue weighted by atomic mass is 35.5. The van der Waals surface area contributed by atoms with Crippen LogP contribution in [0.4, 0.5) is 17.6 Å². The van der Waals surface area contributed by atoms with Crippen molar-refractivity contribution >= 4 is 64.6 Å². The maximum Gasteiger partial charge on any atom is 0.403 e. The van der Waals surface area contributed by atoms with E-state index in [2.05, 4.69) is 16.0 Å². The zero-order valence-electron chi connectivity index (χ0n) is 38.4. The molecular weight excluding hydrogens is 909 g/mol. The molecule has 14 nitrogen and oxygen atoms in total. The maximum atomic E-state index is 15.1. The number of likely N-dealkylation sites (N-methyl/N-ethyl adjacent to an activating group) is 3. The van der Waals surface area contributed by atoms with Gasteiger partial charge in [-0.2, -0.15) is 13.2 Å². The molecule has 3 N–H and O–H groups in total. The Bertz CT molecular complexity index is 2030. The third kappa shape index (κ3) is 11.2. The first-order chi connectivity index (χ1) is 31.0. The summed E-state index contributed by atoms with van der Waals surface area (Å²) in [5.74, 6) is -6.31. The Hall–Kier alpha value is -4.19. The van der Waals surface area contributed by atoms with E-state index in [4.69, 9.17) is 23.2 Å². The van der Waals surface area contributed by atoms with E-state index in [1.807, 2.05) is 13.8 Å². The van der Waals surface area contributed by atoms with Crippen LogP contribution in [0.1, 0.15) is 97.0 Å². The number of carbonyl (C=O) groups excluding carboxylic acids is 7. The van der Waals surface area contributed by atoms with Crippen LogP contribution in [0.2, 0.25) is 10.0 Å². The summed E-state index contributed by atoms with van der Waals surface area (Å²) in [4.78, 5) is 104. The van der Waals surface area contributed by atoms with Crippen molar-refractivity contribution in [2.45, 2.75) is 146 Å². The average Bonchev–Trinajstić information content (AvgIpc) is 4.17. The lowest BCUT2D eigenvalue weighted by molar-refractivity contribution is -0.229. The number of likely N-dealkylation sites (tertiary alicyclic amines) is 1. The van der Waals surface area contributed by atoms with E-state index in [-0.39, 0.29) is 55.9 Å². The second kappa shape index (κ2) is 20.6. The van der Waals surface area contributed by atoms with Crippen LogP contribution in [0, 0.1) is 29.1 Å². The molecule has 6 rings (SSSR count). The molecule has 66 heavy (non-hydrogen) atoms. The Morgan fingerprint density at radius 2 is 1.59 bits per heavy atom. The van der Waals surface area contributed by atoms with Gasteiger partial charge in [-0.25, -0.2) is 4.39 Å². The summed E-state index contributed by atoms with van der Waals surface area (Å²) in [6, 6.07) is -2.67. The van der Waals surface area contributed by atoms with Gasteiger partial charge in [0.2, 0.25) is 41.4 Å².